The van der Waals surface area contributed by atoms with Crippen LogP contribution in [0, 0.1) is 30.3 Å². The first-order valence-electron chi connectivity index (χ1n) is 10.8. The second kappa shape index (κ2) is 10.0. The zero-order valence-corrected chi connectivity index (χ0v) is 19.5. The summed E-state index contributed by atoms with van der Waals surface area (Å²) in [7, 11) is -4.12. The number of hydrogen-bond donors (Lipinski definition) is 1. The van der Waals surface area contributed by atoms with Crippen LogP contribution in [0.3, 0.4) is 0 Å². The summed E-state index contributed by atoms with van der Waals surface area (Å²) < 4.78 is 74.3. The summed E-state index contributed by atoms with van der Waals surface area (Å²) in [5.41, 5.74) is 0.178. The number of aromatic nitrogens is 1. The van der Waals surface area contributed by atoms with Gasteiger partial charge in [-0.3, -0.25) is 4.79 Å². The Morgan fingerprint density at radius 3 is 2.66 bits per heavy atom. The molecule has 1 atom stereocenters. The maximum absolute atomic E-state index is 13.9. The fourth-order valence-electron chi connectivity index (χ4n) is 3.90. The van der Waals surface area contributed by atoms with Crippen LogP contribution in [0.25, 0.3) is 12.2 Å². The van der Waals surface area contributed by atoms with Crippen LogP contribution in [0.15, 0.2) is 51.9 Å². The number of nitrogens with zero attached hydrogens (tertiary/aromatic N) is 2. The zero-order chi connectivity index (χ0) is 25.2. The minimum absolute atomic E-state index is 0.0642. The SMILES string of the molecule is Cc1noc(/C=C/c2ccccc2F)c1S(=O)(=O)N1CCC[C@@H](C(=O)Nc2ccc(F)cc2F)C1. The normalized spacial score (nSPS) is 17.1. The van der Waals surface area contributed by atoms with Crippen molar-refractivity contribution in [1.82, 2.24) is 9.46 Å². The molecule has 0 bridgehead atoms. The predicted octanol–water partition coefficient (Wildman–Crippen LogP) is 4.61. The number of aryl methyl sites for hydroxylation is 1. The Bertz CT molecular complexity index is 1390. The Morgan fingerprint density at radius 2 is 1.91 bits per heavy atom. The van der Waals surface area contributed by atoms with Gasteiger partial charge >= 0.3 is 0 Å². The number of sulfonamides is 1. The number of halogens is 3. The number of carbonyl (C=O) groups is 1. The smallest absolute Gasteiger partial charge is 0.248 e. The van der Waals surface area contributed by atoms with Crippen molar-refractivity contribution in [2.24, 2.45) is 5.92 Å². The molecule has 2 aromatic carbocycles. The minimum Gasteiger partial charge on any atom is -0.355 e. The zero-order valence-electron chi connectivity index (χ0n) is 18.7. The monoisotopic (exact) mass is 505 g/mol. The van der Waals surface area contributed by atoms with Crippen molar-refractivity contribution in [3.8, 4) is 0 Å². The fraction of sp³-hybridized carbons (Fsp3) is 0.250. The molecule has 11 heteroatoms. The van der Waals surface area contributed by atoms with Crippen LogP contribution in [0.4, 0.5) is 18.9 Å². The molecule has 35 heavy (non-hydrogen) atoms. The Morgan fingerprint density at radius 1 is 1.14 bits per heavy atom. The number of anilines is 1. The molecule has 0 spiro atoms. The number of benzene rings is 2. The van der Waals surface area contributed by atoms with Gasteiger partial charge in [0, 0.05) is 24.7 Å². The molecule has 3 aromatic rings. The average Bonchev–Trinajstić information content (AvgIpc) is 3.21. The van der Waals surface area contributed by atoms with E-state index in [1.807, 2.05) is 0 Å². The molecule has 184 valence electrons. The van der Waals surface area contributed by atoms with Crippen molar-refractivity contribution in [2.75, 3.05) is 18.4 Å². The van der Waals surface area contributed by atoms with E-state index in [9.17, 15) is 26.4 Å². The van der Waals surface area contributed by atoms with E-state index in [-0.39, 0.29) is 40.7 Å². The Balaban J connectivity index is 1.54. The van der Waals surface area contributed by atoms with Crippen LogP contribution in [-0.4, -0.2) is 36.9 Å². The lowest BCUT2D eigenvalue weighted by molar-refractivity contribution is -0.120. The van der Waals surface area contributed by atoms with Crippen molar-refractivity contribution in [1.29, 1.82) is 0 Å². The molecule has 4 rings (SSSR count). The van der Waals surface area contributed by atoms with Crippen LogP contribution in [-0.2, 0) is 14.8 Å². The van der Waals surface area contributed by atoms with Crippen molar-refractivity contribution in [3.05, 3.63) is 76.9 Å². The Labute approximate surface area is 200 Å². The molecule has 7 nitrogen and oxygen atoms in total. The summed E-state index contributed by atoms with van der Waals surface area (Å²) in [4.78, 5) is 12.5. The molecule has 0 saturated carbocycles. The minimum atomic E-state index is -4.12. The summed E-state index contributed by atoms with van der Waals surface area (Å²) in [5.74, 6) is -3.57. The first-order chi connectivity index (χ1) is 16.7. The van der Waals surface area contributed by atoms with E-state index in [0.29, 0.717) is 18.9 Å². The van der Waals surface area contributed by atoms with Gasteiger partial charge < -0.3 is 9.84 Å². The van der Waals surface area contributed by atoms with Crippen LogP contribution in [0.1, 0.15) is 29.9 Å². The third-order valence-electron chi connectivity index (χ3n) is 5.69. The summed E-state index contributed by atoms with van der Waals surface area (Å²) in [6.07, 6.45) is 3.51. The molecule has 1 amide bonds. The molecule has 2 heterocycles. The Kier molecular flexibility index (Phi) is 7.08. The molecule has 1 fully saturated rings. The van der Waals surface area contributed by atoms with Crippen LogP contribution in [0.2, 0.25) is 0 Å². The van der Waals surface area contributed by atoms with E-state index in [0.717, 1.165) is 16.4 Å². The summed E-state index contributed by atoms with van der Waals surface area (Å²) >= 11 is 0. The standard InChI is InChI=1S/C24H22F3N3O4S/c1-15-23(22(34-29-15)11-8-16-5-2-3-7-19(16)26)35(32,33)30-12-4-6-17(14-30)24(31)28-21-10-9-18(25)13-20(21)27/h2-3,5,7-11,13,17H,4,6,12,14H2,1H3,(H,28,31)/b11-8+/t17-/m1/s1. The molecular formula is C24H22F3N3O4S. The second-order valence-corrected chi connectivity index (χ2v) is 10.0. The molecule has 1 N–H and O–H groups in total. The Hall–Kier alpha value is -3.44. The third kappa shape index (κ3) is 5.30. The third-order valence-corrected chi connectivity index (χ3v) is 7.72. The number of rotatable bonds is 6. The fourth-order valence-corrected chi connectivity index (χ4v) is 5.68. The van der Waals surface area contributed by atoms with Gasteiger partial charge in [-0.15, -0.1) is 0 Å². The highest BCUT2D eigenvalue weighted by Gasteiger charge is 2.37. The van der Waals surface area contributed by atoms with Gasteiger partial charge in [-0.1, -0.05) is 23.4 Å². The van der Waals surface area contributed by atoms with E-state index in [4.69, 9.17) is 4.52 Å². The van der Waals surface area contributed by atoms with Gasteiger partial charge in [-0.05, 0) is 50.1 Å². The summed E-state index contributed by atoms with van der Waals surface area (Å²) in [6, 6.07) is 8.76. The predicted molar refractivity (Wildman–Crippen MR) is 123 cm³/mol. The van der Waals surface area contributed by atoms with E-state index in [1.165, 1.54) is 37.3 Å². The quantitative estimate of drug-likeness (QED) is 0.528. The maximum atomic E-state index is 13.9. The second-order valence-electron chi connectivity index (χ2n) is 8.13. The van der Waals surface area contributed by atoms with Crippen LogP contribution in [0.5, 0.6) is 0 Å². The van der Waals surface area contributed by atoms with Crippen molar-refractivity contribution in [2.45, 2.75) is 24.7 Å². The van der Waals surface area contributed by atoms with Crippen LogP contribution >= 0.6 is 0 Å². The number of nitrogens with one attached hydrogen (secondary N) is 1. The summed E-state index contributed by atoms with van der Waals surface area (Å²) in [6.45, 7) is 1.50. The first-order valence-corrected chi connectivity index (χ1v) is 12.3. The molecule has 1 saturated heterocycles. The topological polar surface area (TPSA) is 92.5 Å². The molecule has 0 aliphatic carbocycles. The van der Waals surface area contributed by atoms with Gasteiger partial charge in [-0.25, -0.2) is 21.6 Å². The molecular weight excluding hydrogens is 483 g/mol. The van der Waals surface area contributed by atoms with Crippen molar-refractivity contribution in [3.63, 3.8) is 0 Å². The van der Waals surface area contributed by atoms with Gasteiger partial charge in [-0.2, -0.15) is 4.31 Å². The van der Waals surface area contributed by atoms with E-state index in [2.05, 4.69) is 10.5 Å². The largest absolute Gasteiger partial charge is 0.355 e. The molecule has 1 aromatic heterocycles. The van der Waals surface area contributed by atoms with Gasteiger partial charge in [0.1, 0.15) is 23.1 Å². The number of piperidine rings is 1. The van der Waals surface area contributed by atoms with E-state index < -0.39 is 39.3 Å². The van der Waals surface area contributed by atoms with Gasteiger partial charge in [0.25, 0.3) is 0 Å². The number of hydrogen-bond acceptors (Lipinski definition) is 5. The summed E-state index contributed by atoms with van der Waals surface area (Å²) in [5, 5.41) is 6.16. The average molecular weight is 506 g/mol. The highest BCUT2D eigenvalue weighted by molar-refractivity contribution is 7.89. The maximum Gasteiger partial charge on any atom is 0.248 e. The lowest BCUT2D eigenvalue weighted by Gasteiger charge is -2.31. The first kappa shape index (κ1) is 24.7. The van der Waals surface area contributed by atoms with E-state index >= 15 is 0 Å². The van der Waals surface area contributed by atoms with Gasteiger partial charge in [0.05, 0.1) is 11.6 Å². The van der Waals surface area contributed by atoms with Gasteiger partial charge in [0.2, 0.25) is 15.9 Å². The van der Waals surface area contributed by atoms with Crippen molar-refractivity contribution < 1.29 is 30.9 Å². The van der Waals surface area contributed by atoms with E-state index in [1.54, 1.807) is 6.07 Å². The molecule has 0 unspecified atom stereocenters. The molecule has 1 aliphatic rings. The molecule has 1 aliphatic heterocycles. The van der Waals surface area contributed by atoms with Crippen molar-refractivity contribution >= 4 is 33.8 Å². The molecule has 0 radical (unpaired) electrons. The van der Waals surface area contributed by atoms with Gasteiger partial charge in [0.15, 0.2) is 10.7 Å². The highest BCUT2D eigenvalue weighted by Crippen LogP contribution is 2.30. The number of amides is 1. The number of carbonyl (C=O) groups excluding carboxylic acids is 1. The lowest BCUT2D eigenvalue weighted by atomic mass is 9.98. The van der Waals surface area contributed by atoms with Crippen LogP contribution < -0.4 is 5.32 Å². The lowest BCUT2D eigenvalue weighted by Crippen LogP contribution is -2.44. The highest BCUT2D eigenvalue weighted by atomic mass is 32.2.